The molecule has 0 saturated carbocycles. The minimum absolute atomic E-state index is 0.313. The Morgan fingerprint density at radius 1 is 0.875 bits per heavy atom. The quantitative estimate of drug-likeness (QED) is 0.717. The Morgan fingerprint density at radius 2 is 1.50 bits per heavy atom. The number of rotatable bonds is 2. The SMILES string of the molecule is Fc1cc(Cl)ccc1Sc1ccc(Cl)cc1. The largest absolute Gasteiger partial charge is 0.206 e. The molecule has 0 amide bonds. The van der Waals surface area contributed by atoms with Gasteiger partial charge in [-0.25, -0.2) is 4.39 Å². The maximum atomic E-state index is 13.5. The van der Waals surface area contributed by atoms with Crippen molar-refractivity contribution in [3.8, 4) is 0 Å². The maximum absolute atomic E-state index is 13.5. The van der Waals surface area contributed by atoms with Gasteiger partial charge in [-0.05, 0) is 42.5 Å². The Hall–Kier alpha value is -0.700. The second kappa shape index (κ2) is 5.09. The van der Waals surface area contributed by atoms with Gasteiger partial charge >= 0.3 is 0 Å². The van der Waals surface area contributed by atoms with Gasteiger partial charge in [0.15, 0.2) is 0 Å². The fraction of sp³-hybridized carbons (Fsp3) is 0. The van der Waals surface area contributed by atoms with Gasteiger partial charge in [0.1, 0.15) is 5.82 Å². The van der Waals surface area contributed by atoms with Crippen molar-refractivity contribution in [3.05, 3.63) is 58.3 Å². The van der Waals surface area contributed by atoms with Crippen LogP contribution in [0.25, 0.3) is 0 Å². The smallest absolute Gasteiger partial charge is 0.138 e. The van der Waals surface area contributed by atoms with E-state index in [1.807, 2.05) is 12.1 Å². The molecule has 4 heteroatoms. The van der Waals surface area contributed by atoms with Gasteiger partial charge in [0.05, 0.1) is 0 Å². The summed E-state index contributed by atoms with van der Waals surface area (Å²) < 4.78 is 13.5. The van der Waals surface area contributed by atoms with Gasteiger partial charge in [-0.3, -0.25) is 0 Å². The molecule has 82 valence electrons. The predicted octanol–water partition coefficient (Wildman–Crippen LogP) is 5.28. The first-order valence-electron chi connectivity index (χ1n) is 4.53. The van der Waals surface area contributed by atoms with Gasteiger partial charge in [-0.1, -0.05) is 35.0 Å². The summed E-state index contributed by atoms with van der Waals surface area (Å²) in [6, 6.07) is 11.9. The molecule has 2 aromatic rings. The summed E-state index contributed by atoms with van der Waals surface area (Å²) in [5.74, 6) is -0.313. The molecule has 0 nitrogen and oxygen atoms in total. The third-order valence-corrected chi connectivity index (χ3v) is 3.48. The Morgan fingerprint density at radius 3 is 2.12 bits per heavy atom. The van der Waals surface area contributed by atoms with E-state index in [1.54, 1.807) is 24.3 Å². The van der Waals surface area contributed by atoms with Crippen LogP contribution < -0.4 is 0 Å². The molecule has 0 bridgehead atoms. The van der Waals surface area contributed by atoms with Gasteiger partial charge < -0.3 is 0 Å². The molecule has 16 heavy (non-hydrogen) atoms. The molecule has 0 N–H and O–H groups in total. The lowest BCUT2D eigenvalue weighted by Gasteiger charge is -2.03. The fourth-order valence-electron chi connectivity index (χ4n) is 1.19. The molecule has 0 aliphatic carbocycles. The summed E-state index contributed by atoms with van der Waals surface area (Å²) in [6.45, 7) is 0. The number of benzene rings is 2. The summed E-state index contributed by atoms with van der Waals surface area (Å²) in [7, 11) is 0. The molecule has 0 heterocycles. The topological polar surface area (TPSA) is 0 Å². The van der Waals surface area contributed by atoms with E-state index in [0.29, 0.717) is 14.9 Å². The van der Waals surface area contributed by atoms with Crippen LogP contribution in [-0.4, -0.2) is 0 Å². The van der Waals surface area contributed by atoms with Gasteiger partial charge in [0, 0.05) is 19.8 Å². The Labute approximate surface area is 107 Å². The van der Waals surface area contributed by atoms with Crippen LogP contribution >= 0.6 is 35.0 Å². The number of hydrogen-bond donors (Lipinski definition) is 0. The van der Waals surface area contributed by atoms with Crippen molar-refractivity contribution in [2.24, 2.45) is 0 Å². The first-order valence-corrected chi connectivity index (χ1v) is 6.11. The molecular weight excluding hydrogens is 266 g/mol. The van der Waals surface area contributed by atoms with Crippen LogP contribution in [0.4, 0.5) is 4.39 Å². The molecule has 0 fully saturated rings. The first-order chi connectivity index (χ1) is 7.65. The van der Waals surface area contributed by atoms with E-state index in [2.05, 4.69) is 0 Å². The van der Waals surface area contributed by atoms with Crippen molar-refractivity contribution in [1.82, 2.24) is 0 Å². The second-order valence-corrected chi connectivity index (χ2v) is 5.12. The van der Waals surface area contributed by atoms with Crippen molar-refractivity contribution >= 4 is 35.0 Å². The van der Waals surface area contributed by atoms with E-state index in [9.17, 15) is 4.39 Å². The zero-order valence-electron chi connectivity index (χ0n) is 8.08. The monoisotopic (exact) mass is 272 g/mol. The van der Waals surface area contributed by atoms with Crippen molar-refractivity contribution in [2.75, 3.05) is 0 Å². The lowest BCUT2D eigenvalue weighted by Crippen LogP contribution is -1.80. The van der Waals surface area contributed by atoms with E-state index >= 15 is 0 Å². The Kier molecular flexibility index (Phi) is 3.74. The Balaban J connectivity index is 2.23. The highest BCUT2D eigenvalue weighted by molar-refractivity contribution is 7.99. The van der Waals surface area contributed by atoms with Crippen molar-refractivity contribution in [2.45, 2.75) is 9.79 Å². The molecular formula is C12H7Cl2FS. The van der Waals surface area contributed by atoms with E-state index in [4.69, 9.17) is 23.2 Å². The van der Waals surface area contributed by atoms with Crippen LogP contribution in [-0.2, 0) is 0 Å². The zero-order chi connectivity index (χ0) is 11.5. The number of hydrogen-bond acceptors (Lipinski definition) is 1. The van der Waals surface area contributed by atoms with Crippen molar-refractivity contribution in [3.63, 3.8) is 0 Å². The van der Waals surface area contributed by atoms with E-state index in [0.717, 1.165) is 4.90 Å². The Bertz CT molecular complexity index is 497. The zero-order valence-corrected chi connectivity index (χ0v) is 10.4. The molecule has 2 aromatic carbocycles. The molecule has 0 aliphatic heterocycles. The van der Waals surface area contributed by atoms with Crippen LogP contribution in [0.5, 0.6) is 0 Å². The van der Waals surface area contributed by atoms with Crippen LogP contribution in [0.1, 0.15) is 0 Å². The highest BCUT2D eigenvalue weighted by Crippen LogP contribution is 2.31. The van der Waals surface area contributed by atoms with Crippen molar-refractivity contribution in [1.29, 1.82) is 0 Å². The normalized spacial score (nSPS) is 10.4. The molecule has 0 atom stereocenters. The minimum atomic E-state index is -0.313. The van der Waals surface area contributed by atoms with Gasteiger partial charge in [0.25, 0.3) is 0 Å². The first kappa shape index (κ1) is 11.8. The summed E-state index contributed by atoms with van der Waals surface area (Å²) in [5.41, 5.74) is 0. The molecule has 2 rings (SSSR count). The lowest BCUT2D eigenvalue weighted by atomic mass is 10.3. The summed E-state index contributed by atoms with van der Waals surface area (Å²) in [4.78, 5) is 1.48. The molecule has 0 unspecified atom stereocenters. The van der Waals surface area contributed by atoms with Gasteiger partial charge in [-0.15, -0.1) is 0 Å². The van der Waals surface area contributed by atoms with Crippen LogP contribution in [0.15, 0.2) is 52.3 Å². The number of halogens is 3. The summed E-state index contributed by atoms with van der Waals surface area (Å²) in [6.07, 6.45) is 0. The minimum Gasteiger partial charge on any atom is -0.206 e. The fourth-order valence-corrected chi connectivity index (χ4v) is 2.29. The lowest BCUT2D eigenvalue weighted by molar-refractivity contribution is 0.602. The summed E-state index contributed by atoms with van der Waals surface area (Å²) >= 11 is 12.8. The molecule has 0 saturated heterocycles. The third kappa shape index (κ3) is 2.91. The standard InChI is InChI=1S/C12H7Cl2FS/c13-8-1-4-10(5-2-8)16-12-6-3-9(14)7-11(12)15/h1-7H. The molecule has 0 aliphatic rings. The highest BCUT2D eigenvalue weighted by atomic mass is 35.5. The highest BCUT2D eigenvalue weighted by Gasteiger charge is 2.04. The molecule has 0 spiro atoms. The van der Waals surface area contributed by atoms with Crippen molar-refractivity contribution < 1.29 is 4.39 Å². The second-order valence-electron chi connectivity index (χ2n) is 3.13. The molecule has 0 radical (unpaired) electrons. The summed E-state index contributed by atoms with van der Waals surface area (Å²) in [5, 5.41) is 1.07. The van der Waals surface area contributed by atoms with E-state index in [-0.39, 0.29) is 5.82 Å². The predicted molar refractivity (Wildman–Crippen MR) is 67.0 cm³/mol. The van der Waals surface area contributed by atoms with Gasteiger partial charge in [0.2, 0.25) is 0 Å². The average molecular weight is 273 g/mol. The van der Waals surface area contributed by atoms with Gasteiger partial charge in [-0.2, -0.15) is 0 Å². The van der Waals surface area contributed by atoms with Crippen LogP contribution in [0.3, 0.4) is 0 Å². The van der Waals surface area contributed by atoms with E-state index < -0.39 is 0 Å². The third-order valence-electron chi connectivity index (χ3n) is 1.94. The average Bonchev–Trinajstić information content (AvgIpc) is 2.25. The van der Waals surface area contributed by atoms with Crippen LogP contribution in [0, 0.1) is 5.82 Å². The molecule has 0 aromatic heterocycles. The maximum Gasteiger partial charge on any atom is 0.138 e. The van der Waals surface area contributed by atoms with E-state index in [1.165, 1.54) is 17.8 Å². The van der Waals surface area contributed by atoms with Crippen LogP contribution in [0.2, 0.25) is 10.0 Å².